The van der Waals surface area contributed by atoms with Gasteiger partial charge in [-0.3, -0.25) is 9.59 Å². The number of rotatable bonds is 5. The molecule has 0 aliphatic heterocycles. The zero-order valence-electron chi connectivity index (χ0n) is 6.70. The molecular formula is C6H8O7Yb. The van der Waals surface area contributed by atoms with Crippen LogP contribution in [-0.4, -0.2) is 43.9 Å². The third kappa shape index (κ3) is 5.58. The fourth-order valence-corrected chi connectivity index (χ4v) is 0.714. The summed E-state index contributed by atoms with van der Waals surface area (Å²) in [6.07, 6.45) is -2.29. The molecular weight excluding hydrogens is 357 g/mol. The first kappa shape index (κ1) is 16.3. The predicted octanol–water partition coefficient (Wildman–Crippen LogP) is -1.25. The summed E-state index contributed by atoms with van der Waals surface area (Å²) in [5, 5.41) is 33.8. The van der Waals surface area contributed by atoms with Gasteiger partial charge in [0.05, 0.1) is 12.8 Å². The number of carboxylic acid groups (broad SMARTS) is 3. The smallest absolute Gasteiger partial charge is 0.336 e. The SMILES string of the molecule is O=C(O)CC(O)(CC(=O)O)C(=O)O.[Yb]. The average molecular weight is 365 g/mol. The molecule has 0 aromatic heterocycles. The van der Waals surface area contributed by atoms with E-state index in [1.807, 2.05) is 0 Å². The van der Waals surface area contributed by atoms with E-state index in [-0.39, 0.29) is 46.9 Å². The van der Waals surface area contributed by atoms with Gasteiger partial charge in [-0.1, -0.05) is 0 Å². The quantitative estimate of drug-likeness (QED) is 0.479. The first-order chi connectivity index (χ1) is 5.78. The van der Waals surface area contributed by atoms with Gasteiger partial charge in [-0.2, -0.15) is 0 Å². The Labute approximate surface area is 117 Å². The fraction of sp³-hybridized carbons (Fsp3) is 0.500. The Hall–Kier alpha value is -0.111. The summed E-state index contributed by atoms with van der Waals surface area (Å²) >= 11 is 0. The molecule has 0 aromatic carbocycles. The fourth-order valence-electron chi connectivity index (χ4n) is 0.714. The van der Waals surface area contributed by atoms with E-state index < -0.39 is 36.4 Å². The summed E-state index contributed by atoms with van der Waals surface area (Å²) in [4.78, 5) is 30.5. The minimum absolute atomic E-state index is 0. The van der Waals surface area contributed by atoms with Crippen molar-refractivity contribution in [2.24, 2.45) is 0 Å². The third-order valence-electron chi connectivity index (χ3n) is 1.29. The van der Waals surface area contributed by atoms with Crippen LogP contribution in [0, 0.1) is 46.9 Å². The van der Waals surface area contributed by atoms with Gasteiger partial charge in [-0.15, -0.1) is 0 Å². The molecule has 0 amide bonds. The van der Waals surface area contributed by atoms with E-state index in [1.165, 1.54) is 0 Å². The molecule has 0 atom stereocenters. The minimum Gasteiger partial charge on any atom is -0.481 e. The topological polar surface area (TPSA) is 132 Å². The Morgan fingerprint density at radius 3 is 1.36 bits per heavy atom. The molecule has 0 aromatic rings. The predicted molar refractivity (Wildman–Crippen MR) is 37.1 cm³/mol. The van der Waals surface area contributed by atoms with Crippen LogP contribution in [0.25, 0.3) is 0 Å². The van der Waals surface area contributed by atoms with E-state index in [2.05, 4.69) is 0 Å². The summed E-state index contributed by atoms with van der Waals surface area (Å²) in [5.41, 5.74) is -2.74. The van der Waals surface area contributed by atoms with E-state index in [4.69, 9.17) is 20.4 Å². The second-order valence-electron chi connectivity index (χ2n) is 2.48. The largest absolute Gasteiger partial charge is 0.481 e. The Morgan fingerprint density at radius 2 is 1.21 bits per heavy atom. The van der Waals surface area contributed by atoms with E-state index in [9.17, 15) is 14.4 Å². The Morgan fingerprint density at radius 1 is 0.929 bits per heavy atom. The van der Waals surface area contributed by atoms with Crippen LogP contribution in [0.15, 0.2) is 0 Å². The first-order valence-corrected chi connectivity index (χ1v) is 3.17. The molecule has 88 valence electrons. The Bertz CT molecular complexity index is 233. The van der Waals surface area contributed by atoms with Crippen molar-refractivity contribution in [1.82, 2.24) is 0 Å². The summed E-state index contributed by atoms with van der Waals surface area (Å²) in [5.74, 6) is -5.02. The minimum atomic E-state index is -2.74. The molecule has 7 nitrogen and oxygen atoms in total. The molecule has 0 saturated heterocycles. The van der Waals surface area contributed by atoms with Gasteiger partial charge in [0.1, 0.15) is 0 Å². The summed E-state index contributed by atoms with van der Waals surface area (Å²) < 4.78 is 0. The number of carboxylic acids is 3. The van der Waals surface area contributed by atoms with Crippen LogP contribution < -0.4 is 0 Å². The molecule has 0 saturated carbocycles. The third-order valence-corrected chi connectivity index (χ3v) is 1.29. The number of carbonyl (C=O) groups is 3. The molecule has 0 aliphatic rings. The van der Waals surface area contributed by atoms with Gasteiger partial charge in [0.25, 0.3) is 0 Å². The maximum atomic E-state index is 10.3. The molecule has 0 rings (SSSR count). The molecule has 14 heavy (non-hydrogen) atoms. The maximum absolute atomic E-state index is 10.3. The van der Waals surface area contributed by atoms with Crippen molar-refractivity contribution in [2.75, 3.05) is 0 Å². The van der Waals surface area contributed by atoms with Crippen molar-refractivity contribution in [3.8, 4) is 0 Å². The molecule has 0 fully saturated rings. The van der Waals surface area contributed by atoms with Crippen molar-refractivity contribution in [2.45, 2.75) is 18.4 Å². The van der Waals surface area contributed by atoms with Crippen LogP contribution in [-0.2, 0) is 14.4 Å². The molecule has 4 N–H and O–H groups in total. The number of aliphatic carboxylic acids is 3. The molecule has 0 radical (unpaired) electrons. The number of hydrogen-bond acceptors (Lipinski definition) is 4. The van der Waals surface area contributed by atoms with Crippen LogP contribution in [0.3, 0.4) is 0 Å². The number of aliphatic hydroxyl groups is 1. The normalized spacial score (nSPS) is 10.1. The van der Waals surface area contributed by atoms with Gasteiger partial charge in [-0.05, 0) is 0 Å². The van der Waals surface area contributed by atoms with E-state index >= 15 is 0 Å². The van der Waals surface area contributed by atoms with Crippen LogP contribution in [0.5, 0.6) is 0 Å². The van der Waals surface area contributed by atoms with Crippen LogP contribution in [0.2, 0.25) is 0 Å². The van der Waals surface area contributed by atoms with E-state index in [0.717, 1.165) is 0 Å². The molecule has 0 heterocycles. The van der Waals surface area contributed by atoms with Gasteiger partial charge < -0.3 is 20.4 Å². The monoisotopic (exact) mass is 366 g/mol. The van der Waals surface area contributed by atoms with Crippen molar-refractivity contribution >= 4 is 17.9 Å². The Balaban J connectivity index is 0. The van der Waals surface area contributed by atoms with Gasteiger partial charge in [0.15, 0.2) is 5.60 Å². The van der Waals surface area contributed by atoms with E-state index in [0.29, 0.717) is 0 Å². The second kappa shape index (κ2) is 6.39. The van der Waals surface area contributed by atoms with Crippen LogP contribution >= 0.6 is 0 Å². The molecule has 0 bridgehead atoms. The Kier molecular flexibility index (Phi) is 7.45. The zero-order chi connectivity index (χ0) is 10.6. The van der Waals surface area contributed by atoms with Crippen molar-refractivity contribution in [3.05, 3.63) is 0 Å². The molecule has 0 aliphatic carbocycles. The van der Waals surface area contributed by atoms with Crippen molar-refractivity contribution in [1.29, 1.82) is 0 Å². The standard InChI is InChI=1S/C6H8O7.Yb/c7-3(8)1-6(13,5(11)12)2-4(9)10;/h13H,1-2H2,(H,7,8)(H,9,10)(H,11,12);. The van der Waals surface area contributed by atoms with Crippen LogP contribution in [0.1, 0.15) is 12.8 Å². The summed E-state index contributed by atoms with van der Waals surface area (Å²) in [7, 11) is 0. The van der Waals surface area contributed by atoms with Gasteiger partial charge in [0, 0.05) is 46.9 Å². The second-order valence-corrected chi connectivity index (χ2v) is 2.48. The van der Waals surface area contributed by atoms with E-state index in [1.54, 1.807) is 0 Å². The van der Waals surface area contributed by atoms with Crippen molar-refractivity contribution in [3.63, 3.8) is 0 Å². The molecule has 8 heteroatoms. The first-order valence-electron chi connectivity index (χ1n) is 3.17. The van der Waals surface area contributed by atoms with Gasteiger partial charge in [0.2, 0.25) is 0 Å². The summed E-state index contributed by atoms with van der Waals surface area (Å²) in [6, 6.07) is 0. The average Bonchev–Trinajstić information content (AvgIpc) is 1.82. The zero-order valence-corrected chi connectivity index (χ0v) is 8.41. The summed E-state index contributed by atoms with van der Waals surface area (Å²) in [6.45, 7) is 0. The molecule has 0 spiro atoms. The maximum Gasteiger partial charge on any atom is 0.336 e. The molecule has 0 unspecified atom stereocenters. The van der Waals surface area contributed by atoms with Gasteiger partial charge >= 0.3 is 17.9 Å². The van der Waals surface area contributed by atoms with Crippen LogP contribution in [0.4, 0.5) is 0 Å². The number of hydrogen-bond donors (Lipinski definition) is 4. The van der Waals surface area contributed by atoms with Gasteiger partial charge in [-0.25, -0.2) is 4.79 Å². The van der Waals surface area contributed by atoms with Crippen molar-refractivity contribution < 1.29 is 81.7 Å².